The molecule has 4 heterocycles. The van der Waals surface area contributed by atoms with Gasteiger partial charge in [0, 0.05) is 29.3 Å². The molecule has 2 aliphatic heterocycles. The third-order valence-corrected chi connectivity index (χ3v) is 8.17. The third-order valence-electron chi connectivity index (χ3n) is 5.95. The van der Waals surface area contributed by atoms with Crippen molar-refractivity contribution in [2.45, 2.75) is 62.0 Å². The molecule has 4 N–H and O–H groups in total. The van der Waals surface area contributed by atoms with Crippen LogP contribution in [0.2, 0.25) is 0 Å². The van der Waals surface area contributed by atoms with Gasteiger partial charge in [-0.3, -0.25) is 0 Å². The lowest BCUT2D eigenvalue weighted by atomic mass is 10.1. The first kappa shape index (κ1) is 29.3. The van der Waals surface area contributed by atoms with Crippen molar-refractivity contribution in [1.82, 2.24) is 26.1 Å². The molecular formula is C24H29F5N6O2S2. The monoisotopic (exact) mass is 592 g/mol. The number of fused-ring (bicyclic) bond motifs is 1. The summed E-state index contributed by atoms with van der Waals surface area (Å²) in [6, 6.07) is 4.69. The van der Waals surface area contributed by atoms with E-state index in [-0.39, 0.29) is 64.2 Å². The lowest BCUT2D eigenvalue weighted by Gasteiger charge is -2.25. The van der Waals surface area contributed by atoms with Crippen LogP contribution in [0.15, 0.2) is 27.6 Å². The molecule has 1 aromatic carbocycles. The number of urea groups is 1. The summed E-state index contributed by atoms with van der Waals surface area (Å²) < 4.78 is 68.9. The van der Waals surface area contributed by atoms with E-state index in [4.69, 9.17) is 4.52 Å². The van der Waals surface area contributed by atoms with E-state index in [1.165, 1.54) is 11.3 Å². The second-order valence-electron chi connectivity index (χ2n) is 9.54. The van der Waals surface area contributed by atoms with E-state index < -0.39 is 18.0 Å². The Kier molecular flexibility index (Phi) is 9.54. The first-order valence-corrected chi connectivity index (χ1v) is 14.1. The first-order chi connectivity index (χ1) is 18.5. The van der Waals surface area contributed by atoms with Crippen molar-refractivity contribution in [2.24, 2.45) is 5.92 Å². The standard InChI is InChI=1S/C19H19F3N6O2S2.C5H10F2/c20-19(21,22)32-14-10-2-1-3-11(25-9-4-6-23-7-5-9)13(10)31-15(14)16-27-17(30-28-16)12-8-24-18(29)26-12;1-4(2)3-5(6)7/h1-3,9,12,23,25H,4-8H2,(H2,24,26,29);4-5H,3H2,1-2H3. The number of thiophene rings is 1. The number of thioether (sulfide) groups is 1. The molecule has 2 amide bonds. The maximum atomic E-state index is 13.4. The summed E-state index contributed by atoms with van der Waals surface area (Å²) in [5, 5.41) is 16.4. The highest BCUT2D eigenvalue weighted by Gasteiger charge is 2.35. The zero-order valence-corrected chi connectivity index (χ0v) is 22.8. The zero-order valence-electron chi connectivity index (χ0n) is 21.2. The molecular weight excluding hydrogens is 563 g/mol. The topological polar surface area (TPSA) is 104 Å². The molecule has 1 unspecified atom stereocenters. The number of alkyl halides is 5. The van der Waals surface area contributed by atoms with Crippen LogP contribution in [0, 0.1) is 5.92 Å². The van der Waals surface area contributed by atoms with Crippen molar-refractivity contribution >= 4 is 44.9 Å². The number of halogens is 5. The van der Waals surface area contributed by atoms with E-state index in [1.807, 2.05) is 6.07 Å². The van der Waals surface area contributed by atoms with Crippen molar-refractivity contribution in [3.63, 3.8) is 0 Å². The van der Waals surface area contributed by atoms with Crippen LogP contribution in [-0.2, 0) is 0 Å². The van der Waals surface area contributed by atoms with E-state index >= 15 is 0 Å². The molecule has 1 atom stereocenters. The summed E-state index contributed by atoms with van der Waals surface area (Å²) in [6.07, 6.45) is -0.220. The van der Waals surface area contributed by atoms with Gasteiger partial charge >= 0.3 is 11.5 Å². The summed E-state index contributed by atoms with van der Waals surface area (Å²) in [5.41, 5.74) is -3.68. The van der Waals surface area contributed by atoms with Gasteiger partial charge < -0.3 is 25.8 Å². The van der Waals surface area contributed by atoms with Crippen LogP contribution < -0.4 is 21.3 Å². The highest BCUT2D eigenvalue weighted by Crippen LogP contribution is 2.50. The Morgan fingerprint density at radius 1 is 1.23 bits per heavy atom. The molecule has 0 bridgehead atoms. The Hall–Kier alpha value is -2.65. The zero-order chi connectivity index (χ0) is 28.2. The van der Waals surface area contributed by atoms with Gasteiger partial charge in [0.15, 0.2) is 0 Å². The molecule has 5 rings (SSSR count). The Bertz CT molecular complexity index is 1250. The van der Waals surface area contributed by atoms with Gasteiger partial charge in [0.05, 0.1) is 15.3 Å². The fourth-order valence-corrected chi connectivity index (χ4v) is 6.30. The lowest BCUT2D eigenvalue weighted by molar-refractivity contribution is -0.0327. The minimum absolute atomic E-state index is 0.0278. The number of nitrogens with zero attached hydrogens (tertiary/aromatic N) is 2. The molecule has 2 fully saturated rings. The van der Waals surface area contributed by atoms with Crippen molar-refractivity contribution in [3.05, 3.63) is 24.1 Å². The highest BCUT2D eigenvalue weighted by molar-refractivity contribution is 8.00. The number of benzene rings is 1. The van der Waals surface area contributed by atoms with Crippen molar-refractivity contribution in [2.75, 3.05) is 25.0 Å². The maximum Gasteiger partial charge on any atom is 0.446 e. The highest BCUT2D eigenvalue weighted by atomic mass is 32.2. The third kappa shape index (κ3) is 7.94. The van der Waals surface area contributed by atoms with Crippen LogP contribution in [0.1, 0.15) is 45.0 Å². The second kappa shape index (κ2) is 12.7. The summed E-state index contributed by atoms with van der Waals surface area (Å²) in [4.78, 5) is 16.0. The van der Waals surface area contributed by atoms with Gasteiger partial charge in [-0.2, -0.15) is 18.2 Å². The predicted molar refractivity (Wildman–Crippen MR) is 141 cm³/mol. The predicted octanol–water partition coefficient (Wildman–Crippen LogP) is 6.38. The Labute approximate surface area is 229 Å². The van der Waals surface area contributed by atoms with Crippen LogP contribution in [-0.4, -0.2) is 53.8 Å². The summed E-state index contributed by atoms with van der Waals surface area (Å²) >= 11 is 1.03. The number of piperidine rings is 1. The molecule has 0 aliphatic carbocycles. The van der Waals surface area contributed by atoms with Gasteiger partial charge in [0.2, 0.25) is 12.2 Å². The van der Waals surface area contributed by atoms with Gasteiger partial charge in [0.1, 0.15) is 6.04 Å². The largest absolute Gasteiger partial charge is 0.446 e. The van der Waals surface area contributed by atoms with Crippen LogP contribution >= 0.6 is 23.1 Å². The average molecular weight is 593 g/mol. The van der Waals surface area contributed by atoms with Crippen LogP contribution in [0.3, 0.4) is 0 Å². The Balaban J connectivity index is 0.000000448. The van der Waals surface area contributed by atoms with E-state index in [1.54, 1.807) is 26.0 Å². The van der Waals surface area contributed by atoms with Crippen LogP contribution in [0.5, 0.6) is 0 Å². The molecule has 0 saturated carbocycles. The summed E-state index contributed by atoms with van der Waals surface area (Å²) in [7, 11) is 0. The van der Waals surface area contributed by atoms with Crippen molar-refractivity contribution in [3.8, 4) is 10.7 Å². The molecule has 39 heavy (non-hydrogen) atoms. The molecule has 0 radical (unpaired) electrons. The van der Waals surface area contributed by atoms with Gasteiger partial charge in [-0.25, -0.2) is 13.6 Å². The number of rotatable bonds is 7. The van der Waals surface area contributed by atoms with E-state index in [0.717, 1.165) is 36.3 Å². The van der Waals surface area contributed by atoms with Crippen LogP contribution in [0.25, 0.3) is 20.8 Å². The maximum absolute atomic E-state index is 13.4. The number of nitrogens with one attached hydrogen (secondary N) is 4. The van der Waals surface area contributed by atoms with Crippen LogP contribution in [0.4, 0.5) is 32.4 Å². The average Bonchev–Trinajstić information content (AvgIpc) is 3.58. The fourth-order valence-electron chi connectivity index (χ4n) is 4.19. The lowest BCUT2D eigenvalue weighted by Crippen LogP contribution is -2.35. The number of anilines is 1. The van der Waals surface area contributed by atoms with E-state index in [0.29, 0.717) is 5.39 Å². The van der Waals surface area contributed by atoms with E-state index in [2.05, 4.69) is 31.4 Å². The van der Waals surface area contributed by atoms with Gasteiger partial charge in [-0.15, -0.1) is 11.3 Å². The minimum atomic E-state index is -4.48. The summed E-state index contributed by atoms with van der Waals surface area (Å²) in [6.45, 7) is 5.63. The normalized spacial score (nSPS) is 18.3. The minimum Gasteiger partial charge on any atom is -0.381 e. The molecule has 3 aromatic rings. The van der Waals surface area contributed by atoms with Crippen molar-refractivity contribution < 1.29 is 31.3 Å². The number of carbonyl (C=O) groups excluding carboxylic acids is 1. The smallest absolute Gasteiger partial charge is 0.381 e. The Morgan fingerprint density at radius 3 is 2.56 bits per heavy atom. The number of aromatic nitrogens is 2. The molecule has 8 nitrogen and oxygen atoms in total. The van der Waals surface area contributed by atoms with Gasteiger partial charge in [0.25, 0.3) is 5.89 Å². The SMILES string of the molecule is CC(C)CC(F)F.O=C1NCC(c2nc(-c3sc4c(NC5CCNCC5)cccc4c3SC(F)(F)F)no2)N1. The molecule has 214 valence electrons. The number of carbonyl (C=O) groups is 1. The number of amides is 2. The molecule has 2 aliphatic rings. The summed E-state index contributed by atoms with van der Waals surface area (Å²) in [5.74, 6) is 0.341. The number of hydrogen-bond donors (Lipinski definition) is 4. The molecule has 2 saturated heterocycles. The molecule has 0 spiro atoms. The Morgan fingerprint density at radius 2 is 1.97 bits per heavy atom. The van der Waals surface area contributed by atoms with E-state index in [9.17, 15) is 26.7 Å². The first-order valence-electron chi connectivity index (χ1n) is 12.4. The quantitative estimate of drug-likeness (QED) is 0.187. The molecule has 2 aromatic heterocycles. The second-order valence-corrected chi connectivity index (χ2v) is 11.6. The van der Waals surface area contributed by atoms with Crippen molar-refractivity contribution in [1.29, 1.82) is 0 Å². The van der Waals surface area contributed by atoms with Gasteiger partial charge in [-0.05, 0) is 49.7 Å². The fraction of sp³-hybridized carbons (Fsp3) is 0.542. The van der Waals surface area contributed by atoms with Gasteiger partial charge in [-0.1, -0.05) is 31.1 Å². The number of hydrogen-bond acceptors (Lipinski definition) is 8. The molecule has 15 heteroatoms.